The predicted molar refractivity (Wildman–Crippen MR) is 120 cm³/mol. The molecule has 0 radical (unpaired) electrons. The molecule has 0 saturated carbocycles. The highest BCUT2D eigenvalue weighted by Gasteiger charge is 2.10. The zero-order valence-electron chi connectivity index (χ0n) is 15.7. The van der Waals surface area contributed by atoms with E-state index in [4.69, 9.17) is 27.9 Å². The van der Waals surface area contributed by atoms with Crippen molar-refractivity contribution in [2.24, 2.45) is 0 Å². The van der Waals surface area contributed by atoms with Gasteiger partial charge >= 0.3 is 0 Å². The lowest BCUT2D eigenvalue weighted by atomic mass is 10.2. The average molecular weight is 461 g/mol. The molecule has 0 saturated heterocycles. The summed E-state index contributed by atoms with van der Waals surface area (Å²) in [6.07, 6.45) is 0. The van der Waals surface area contributed by atoms with Gasteiger partial charge in [0, 0.05) is 26.3 Å². The Balaban J connectivity index is 1.49. The minimum atomic E-state index is -0.477. The highest BCUT2D eigenvalue weighted by Crippen LogP contribution is 2.31. The van der Waals surface area contributed by atoms with Crippen LogP contribution >= 0.6 is 35.0 Å². The number of carbonyl (C=O) groups is 2. The van der Waals surface area contributed by atoms with Gasteiger partial charge in [-0.1, -0.05) is 47.5 Å². The molecule has 0 fully saturated rings. The second-order valence-electron chi connectivity index (χ2n) is 6.16. The molecule has 8 heteroatoms. The Morgan fingerprint density at radius 3 is 2.17 bits per heavy atom. The van der Waals surface area contributed by atoms with E-state index in [0.717, 1.165) is 16.2 Å². The lowest BCUT2D eigenvalue weighted by Crippen LogP contribution is -2.43. The molecule has 5 nitrogen and oxygen atoms in total. The van der Waals surface area contributed by atoms with Crippen LogP contribution in [0.2, 0.25) is 10.0 Å². The average Bonchev–Trinajstić information content (AvgIpc) is 2.76. The van der Waals surface area contributed by atoms with Crippen molar-refractivity contribution in [1.82, 2.24) is 10.9 Å². The van der Waals surface area contributed by atoms with E-state index in [2.05, 4.69) is 10.9 Å². The van der Waals surface area contributed by atoms with Crippen LogP contribution in [0, 0.1) is 0 Å². The summed E-state index contributed by atoms with van der Waals surface area (Å²) in [5.74, 6) is 0.408. The van der Waals surface area contributed by atoms with E-state index in [0.29, 0.717) is 21.4 Å². The van der Waals surface area contributed by atoms with Gasteiger partial charge in [0.05, 0.1) is 0 Å². The summed E-state index contributed by atoms with van der Waals surface area (Å²) in [5, 5.41) is 1.22. The highest BCUT2D eigenvalue weighted by atomic mass is 35.5. The van der Waals surface area contributed by atoms with Gasteiger partial charge < -0.3 is 4.74 Å². The second-order valence-corrected chi connectivity index (χ2v) is 8.05. The molecule has 2 amide bonds. The second kappa shape index (κ2) is 10.9. The number of para-hydroxylation sites is 1. The number of hydrogen-bond acceptors (Lipinski definition) is 4. The van der Waals surface area contributed by atoms with Crippen molar-refractivity contribution < 1.29 is 14.3 Å². The zero-order chi connectivity index (χ0) is 21.3. The molecule has 0 aromatic heterocycles. The van der Waals surface area contributed by atoms with Gasteiger partial charge in [0.15, 0.2) is 6.61 Å². The number of hydrogen-bond donors (Lipinski definition) is 2. The van der Waals surface area contributed by atoms with Crippen molar-refractivity contribution in [1.29, 1.82) is 0 Å². The number of hydrazine groups is 1. The quantitative estimate of drug-likeness (QED) is 0.378. The Morgan fingerprint density at radius 1 is 0.833 bits per heavy atom. The lowest BCUT2D eigenvalue weighted by Gasteiger charge is -2.12. The zero-order valence-corrected chi connectivity index (χ0v) is 18.1. The molecular formula is C22H18Cl2N2O3S. The standard InChI is InChI=1S/C22H18Cl2N2O3S/c23-17-9-5-15(6-10-17)14-30-20-4-2-1-3-19(20)29-13-21(27)25-26-22(28)16-7-11-18(24)12-8-16/h1-12H,13-14H2,(H,25,27)(H,26,28). The van der Waals surface area contributed by atoms with Crippen LogP contribution in [0.3, 0.4) is 0 Å². The Bertz CT molecular complexity index is 1010. The molecule has 0 aliphatic heterocycles. The molecule has 3 aromatic carbocycles. The Hall–Kier alpha value is -2.67. The number of thioether (sulfide) groups is 1. The first-order chi connectivity index (χ1) is 14.5. The minimum absolute atomic E-state index is 0.237. The molecule has 2 N–H and O–H groups in total. The summed E-state index contributed by atoms with van der Waals surface area (Å²) >= 11 is 13.3. The molecule has 30 heavy (non-hydrogen) atoms. The summed E-state index contributed by atoms with van der Waals surface area (Å²) in [4.78, 5) is 25.0. The van der Waals surface area contributed by atoms with Crippen LogP contribution < -0.4 is 15.6 Å². The molecule has 0 bridgehead atoms. The van der Waals surface area contributed by atoms with Crippen LogP contribution in [0.15, 0.2) is 77.7 Å². The first-order valence-electron chi connectivity index (χ1n) is 8.95. The fourth-order valence-corrected chi connectivity index (χ4v) is 3.62. The normalized spacial score (nSPS) is 10.3. The molecule has 0 atom stereocenters. The SMILES string of the molecule is O=C(COc1ccccc1SCc1ccc(Cl)cc1)NNC(=O)c1ccc(Cl)cc1. The molecule has 0 heterocycles. The monoisotopic (exact) mass is 460 g/mol. The van der Waals surface area contributed by atoms with E-state index in [1.54, 1.807) is 42.1 Å². The third-order valence-corrected chi connectivity index (χ3v) is 5.57. The van der Waals surface area contributed by atoms with Crippen molar-refractivity contribution >= 4 is 46.8 Å². The van der Waals surface area contributed by atoms with Gasteiger partial charge in [-0.25, -0.2) is 0 Å². The van der Waals surface area contributed by atoms with Crippen LogP contribution in [-0.4, -0.2) is 18.4 Å². The summed E-state index contributed by atoms with van der Waals surface area (Å²) in [5.41, 5.74) is 6.18. The van der Waals surface area contributed by atoms with Crippen molar-refractivity contribution in [3.05, 3.63) is 94.0 Å². The molecule has 0 unspecified atom stereocenters. The molecule has 3 rings (SSSR count). The van der Waals surface area contributed by atoms with Gasteiger partial charge in [0.1, 0.15) is 5.75 Å². The van der Waals surface area contributed by atoms with Crippen LogP contribution in [0.5, 0.6) is 5.75 Å². The summed E-state index contributed by atoms with van der Waals surface area (Å²) in [6.45, 7) is -0.237. The van der Waals surface area contributed by atoms with Crippen LogP contribution in [-0.2, 0) is 10.5 Å². The Labute approximate surface area is 188 Å². The summed E-state index contributed by atoms with van der Waals surface area (Å²) < 4.78 is 5.64. The maximum atomic E-state index is 12.0. The van der Waals surface area contributed by atoms with Gasteiger partial charge in [-0.15, -0.1) is 11.8 Å². The third-order valence-electron chi connectivity index (χ3n) is 3.94. The van der Waals surface area contributed by atoms with E-state index in [1.807, 2.05) is 42.5 Å². The van der Waals surface area contributed by atoms with E-state index in [9.17, 15) is 9.59 Å². The van der Waals surface area contributed by atoms with Crippen LogP contribution in [0.1, 0.15) is 15.9 Å². The molecule has 0 aliphatic carbocycles. The van der Waals surface area contributed by atoms with E-state index >= 15 is 0 Å². The third kappa shape index (κ3) is 6.69. The van der Waals surface area contributed by atoms with Crippen molar-refractivity contribution in [3.63, 3.8) is 0 Å². The maximum Gasteiger partial charge on any atom is 0.276 e. The van der Waals surface area contributed by atoms with E-state index in [-0.39, 0.29) is 6.61 Å². The van der Waals surface area contributed by atoms with Crippen molar-refractivity contribution in [3.8, 4) is 5.75 Å². The number of amides is 2. The first-order valence-corrected chi connectivity index (χ1v) is 10.7. The largest absolute Gasteiger partial charge is 0.483 e. The minimum Gasteiger partial charge on any atom is -0.483 e. The van der Waals surface area contributed by atoms with Crippen LogP contribution in [0.4, 0.5) is 0 Å². The summed E-state index contributed by atoms with van der Waals surface area (Å²) in [7, 11) is 0. The molecule has 0 aliphatic rings. The highest BCUT2D eigenvalue weighted by molar-refractivity contribution is 7.98. The van der Waals surface area contributed by atoms with E-state index < -0.39 is 11.8 Å². The Kier molecular flexibility index (Phi) is 8.02. The molecule has 154 valence electrons. The van der Waals surface area contributed by atoms with Gasteiger partial charge in [-0.3, -0.25) is 20.4 Å². The smallest absolute Gasteiger partial charge is 0.276 e. The van der Waals surface area contributed by atoms with Gasteiger partial charge in [0.2, 0.25) is 0 Å². The summed E-state index contributed by atoms with van der Waals surface area (Å²) in [6, 6.07) is 21.4. The van der Waals surface area contributed by atoms with Crippen molar-refractivity contribution in [2.75, 3.05) is 6.61 Å². The van der Waals surface area contributed by atoms with Gasteiger partial charge in [-0.2, -0.15) is 0 Å². The first kappa shape index (κ1) is 22.0. The molecule has 0 spiro atoms. The number of halogens is 2. The van der Waals surface area contributed by atoms with Crippen LogP contribution in [0.25, 0.3) is 0 Å². The lowest BCUT2D eigenvalue weighted by molar-refractivity contribution is -0.123. The Morgan fingerprint density at radius 2 is 1.47 bits per heavy atom. The topological polar surface area (TPSA) is 67.4 Å². The number of ether oxygens (including phenoxy) is 1. The number of rotatable bonds is 7. The predicted octanol–water partition coefficient (Wildman–Crippen LogP) is 5.13. The van der Waals surface area contributed by atoms with Gasteiger partial charge in [0.25, 0.3) is 11.8 Å². The van der Waals surface area contributed by atoms with Crippen molar-refractivity contribution in [2.45, 2.75) is 10.6 Å². The van der Waals surface area contributed by atoms with E-state index in [1.165, 1.54) is 0 Å². The fourth-order valence-electron chi connectivity index (χ4n) is 2.41. The maximum absolute atomic E-state index is 12.0. The molecular weight excluding hydrogens is 443 g/mol. The number of benzene rings is 3. The number of nitrogens with one attached hydrogen (secondary N) is 2. The fraction of sp³-hybridized carbons (Fsp3) is 0.0909. The number of carbonyl (C=O) groups excluding carboxylic acids is 2. The van der Waals surface area contributed by atoms with Gasteiger partial charge in [-0.05, 0) is 54.1 Å². The molecule has 3 aromatic rings.